The number of halogens is 1. The Kier molecular flexibility index (Phi) is 5.37. The predicted molar refractivity (Wildman–Crippen MR) is 78.4 cm³/mol. The van der Waals surface area contributed by atoms with Gasteiger partial charge in [0.25, 0.3) is 0 Å². The second kappa shape index (κ2) is 7.05. The van der Waals surface area contributed by atoms with Gasteiger partial charge in [-0.15, -0.1) is 0 Å². The fourth-order valence-electron chi connectivity index (χ4n) is 2.57. The van der Waals surface area contributed by atoms with E-state index in [2.05, 4.69) is 45.5 Å². The maximum atomic E-state index is 3.57. The van der Waals surface area contributed by atoms with Crippen LogP contribution < -0.4 is 5.32 Å². The van der Waals surface area contributed by atoms with E-state index < -0.39 is 0 Å². The van der Waals surface area contributed by atoms with E-state index in [0.29, 0.717) is 0 Å². The summed E-state index contributed by atoms with van der Waals surface area (Å²) in [5, 5.41) is 3.57. The zero-order chi connectivity index (χ0) is 11.9. The van der Waals surface area contributed by atoms with E-state index in [-0.39, 0.29) is 0 Å². The maximum Gasteiger partial charge on any atom is 0.0341 e. The topological polar surface area (TPSA) is 12.0 Å². The molecule has 1 saturated carbocycles. The van der Waals surface area contributed by atoms with Crippen LogP contribution in [-0.2, 0) is 0 Å². The lowest BCUT2D eigenvalue weighted by molar-refractivity contribution is 0.392. The van der Waals surface area contributed by atoms with E-state index >= 15 is 0 Å². The van der Waals surface area contributed by atoms with Crippen molar-refractivity contribution in [2.45, 2.75) is 44.9 Å². The normalized spacial score (nSPS) is 18.4. The quantitative estimate of drug-likeness (QED) is 0.806. The molecule has 0 bridgehead atoms. The van der Waals surface area contributed by atoms with Gasteiger partial charge in [0.05, 0.1) is 0 Å². The molecule has 0 atom stereocenters. The molecule has 1 N–H and O–H groups in total. The van der Waals surface area contributed by atoms with Crippen LogP contribution in [-0.4, -0.2) is 6.54 Å². The van der Waals surface area contributed by atoms with E-state index in [1.807, 2.05) is 0 Å². The van der Waals surface area contributed by atoms with Crippen LogP contribution in [0.4, 0.5) is 5.69 Å². The Bertz CT molecular complexity index is 312. The van der Waals surface area contributed by atoms with Crippen LogP contribution in [0.5, 0.6) is 0 Å². The molecule has 0 aliphatic heterocycles. The van der Waals surface area contributed by atoms with Gasteiger partial charge in [0, 0.05) is 16.7 Å². The zero-order valence-electron chi connectivity index (χ0n) is 10.4. The van der Waals surface area contributed by atoms with Gasteiger partial charge >= 0.3 is 0 Å². The third kappa shape index (κ3) is 4.71. The zero-order valence-corrected chi connectivity index (χ0v) is 12.0. The smallest absolute Gasteiger partial charge is 0.0341 e. The molecule has 0 unspecified atom stereocenters. The van der Waals surface area contributed by atoms with Gasteiger partial charge in [-0.25, -0.2) is 0 Å². The second-order valence-corrected chi connectivity index (χ2v) is 6.01. The van der Waals surface area contributed by atoms with Gasteiger partial charge in [-0.1, -0.05) is 48.0 Å². The highest BCUT2D eigenvalue weighted by Gasteiger charge is 2.10. The van der Waals surface area contributed by atoms with Crippen molar-refractivity contribution in [2.24, 2.45) is 5.92 Å². The van der Waals surface area contributed by atoms with Crippen molar-refractivity contribution in [3.8, 4) is 0 Å². The van der Waals surface area contributed by atoms with Crippen LogP contribution in [0, 0.1) is 5.92 Å². The van der Waals surface area contributed by atoms with E-state index in [0.717, 1.165) is 16.9 Å². The predicted octanol–water partition coefficient (Wildman–Crippen LogP) is 5.22. The average Bonchev–Trinajstić information content (AvgIpc) is 2.30. The maximum absolute atomic E-state index is 3.57. The fourth-order valence-corrected chi connectivity index (χ4v) is 2.84. The summed E-state index contributed by atoms with van der Waals surface area (Å²) in [5.41, 5.74) is 1.25. The van der Waals surface area contributed by atoms with Crippen molar-refractivity contribution < 1.29 is 0 Å². The van der Waals surface area contributed by atoms with Crippen LogP contribution in [0.15, 0.2) is 28.7 Å². The number of anilines is 1. The molecule has 1 aromatic carbocycles. The third-order valence-electron chi connectivity index (χ3n) is 3.66. The first kappa shape index (κ1) is 12.9. The van der Waals surface area contributed by atoms with Crippen LogP contribution in [0.2, 0.25) is 0 Å². The van der Waals surface area contributed by atoms with Gasteiger partial charge in [-0.2, -0.15) is 0 Å². The van der Waals surface area contributed by atoms with Gasteiger partial charge in [0.2, 0.25) is 0 Å². The van der Waals surface area contributed by atoms with Gasteiger partial charge in [0.15, 0.2) is 0 Å². The lowest BCUT2D eigenvalue weighted by Gasteiger charge is -2.20. The Morgan fingerprint density at radius 3 is 2.18 bits per heavy atom. The van der Waals surface area contributed by atoms with Crippen molar-refractivity contribution in [1.82, 2.24) is 0 Å². The Morgan fingerprint density at radius 1 is 0.941 bits per heavy atom. The Balaban J connectivity index is 1.77. The molecule has 2 rings (SSSR count). The van der Waals surface area contributed by atoms with E-state index in [1.54, 1.807) is 0 Å². The average molecular weight is 296 g/mol. The van der Waals surface area contributed by atoms with Gasteiger partial charge in [-0.3, -0.25) is 0 Å². The molecule has 0 radical (unpaired) electrons. The van der Waals surface area contributed by atoms with Crippen molar-refractivity contribution in [2.75, 3.05) is 11.9 Å². The lowest BCUT2D eigenvalue weighted by atomic mass is 9.91. The van der Waals surface area contributed by atoms with Gasteiger partial charge in [-0.05, 0) is 43.0 Å². The molecule has 0 spiro atoms. The fraction of sp³-hybridized carbons (Fsp3) is 0.600. The molecular formula is C15H22BrN. The van der Waals surface area contributed by atoms with Crippen molar-refractivity contribution in [1.29, 1.82) is 0 Å². The highest BCUT2D eigenvalue weighted by atomic mass is 79.9. The Labute approximate surface area is 113 Å². The van der Waals surface area contributed by atoms with Crippen LogP contribution in [0.25, 0.3) is 0 Å². The molecule has 0 heterocycles. The van der Waals surface area contributed by atoms with Crippen LogP contribution >= 0.6 is 15.9 Å². The summed E-state index contributed by atoms with van der Waals surface area (Å²) in [5.74, 6) is 0.874. The standard InChI is InChI=1S/C15H22BrN/c16-14-8-10-15(11-9-14)17-12-13-6-4-2-1-3-5-7-13/h8-11,13,17H,1-7,12H2. The van der Waals surface area contributed by atoms with E-state index in [9.17, 15) is 0 Å². The lowest BCUT2D eigenvalue weighted by Crippen LogP contribution is -2.15. The number of hydrogen-bond donors (Lipinski definition) is 1. The monoisotopic (exact) mass is 295 g/mol. The highest BCUT2D eigenvalue weighted by Crippen LogP contribution is 2.23. The SMILES string of the molecule is Brc1ccc(NCC2CCCCCCC2)cc1. The van der Waals surface area contributed by atoms with Crippen LogP contribution in [0.3, 0.4) is 0 Å². The first-order valence-corrected chi connectivity index (χ1v) is 7.63. The second-order valence-electron chi connectivity index (χ2n) is 5.10. The minimum atomic E-state index is 0.874. The van der Waals surface area contributed by atoms with E-state index in [1.165, 1.54) is 50.6 Å². The van der Waals surface area contributed by atoms with E-state index in [4.69, 9.17) is 0 Å². The molecule has 0 aromatic heterocycles. The summed E-state index contributed by atoms with van der Waals surface area (Å²) in [6.07, 6.45) is 9.99. The number of rotatable bonds is 3. The number of hydrogen-bond acceptors (Lipinski definition) is 1. The minimum Gasteiger partial charge on any atom is -0.385 e. The summed E-state index contributed by atoms with van der Waals surface area (Å²) >= 11 is 3.46. The molecule has 2 heteroatoms. The summed E-state index contributed by atoms with van der Waals surface area (Å²) in [4.78, 5) is 0. The molecular weight excluding hydrogens is 274 g/mol. The molecule has 17 heavy (non-hydrogen) atoms. The molecule has 0 saturated heterocycles. The largest absolute Gasteiger partial charge is 0.385 e. The molecule has 0 amide bonds. The Hall–Kier alpha value is -0.500. The Morgan fingerprint density at radius 2 is 1.53 bits per heavy atom. The minimum absolute atomic E-state index is 0.874. The molecule has 1 fully saturated rings. The number of nitrogens with one attached hydrogen (secondary N) is 1. The van der Waals surface area contributed by atoms with Gasteiger partial charge in [0.1, 0.15) is 0 Å². The molecule has 1 aliphatic carbocycles. The summed E-state index contributed by atoms with van der Waals surface area (Å²) in [7, 11) is 0. The summed E-state index contributed by atoms with van der Waals surface area (Å²) < 4.78 is 1.15. The highest BCUT2D eigenvalue weighted by molar-refractivity contribution is 9.10. The number of benzene rings is 1. The molecule has 1 nitrogen and oxygen atoms in total. The molecule has 1 aliphatic rings. The van der Waals surface area contributed by atoms with Crippen molar-refractivity contribution in [3.05, 3.63) is 28.7 Å². The first-order valence-electron chi connectivity index (χ1n) is 6.84. The molecule has 94 valence electrons. The van der Waals surface area contributed by atoms with Crippen LogP contribution in [0.1, 0.15) is 44.9 Å². The summed E-state index contributed by atoms with van der Waals surface area (Å²) in [6, 6.07) is 8.49. The summed E-state index contributed by atoms with van der Waals surface area (Å²) in [6.45, 7) is 1.14. The first-order chi connectivity index (χ1) is 8.34. The van der Waals surface area contributed by atoms with Gasteiger partial charge < -0.3 is 5.32 Å². The molecule has 1 aromatic rings. The van der Waals surface area contributed by atoms with Crippen molar-refractivity contribution in [3.63, 3.8) is 0 Å². The van der Waals surface area contributed by atoms with Crippen molar-refractivity contribution >= 4 is 21.6 Å². The third-order valence-corrected chi connectivity index (χ3v) is 4.19.